The quantitative estimate of drug-likeness (QED) is 0.0272. The van der Waals surface area contributed by atoms with E-state index >= 15 is 0 Å². The Bertz CT molecular complexity index is 1780. The number of phosphoric acid groups is 1. The van der Waals surface area contributed by atoms with Gasteiger partial charge in [0.1, 0.15) is 13.2 Å². The van der Waals surface area contributed by atoms with Gasteiger partial charge in [-0.15, -0.1) is 0 Å². The third-order valence-corrected chi connectivity index (χ3v) is 16.1. The number of hydrogen-bond donors (Lipinski definition) is 2. The SMILES string of the molecule is CC/C=C\C/C=C\C/C=C\C/C=C\C/C=C\C/C=C\C/C=C\C/C=C\CCCCCCCCCCCCCCCCC(=O)NC(COP(=O)([O-])OCC[N+](C)(C)C)C(O)/C=C/CC/C=C/CCCCCCCCCCCCCCCCCCC. The van der Waals surface area contributed by atoms with Gasteiger partial charge in [-0.05, 0) is 96.3 Å². The number of phosphoric ester groups is 1. The molecule has 0 spiro atoms. The van der Waals surface area contributed by atoms with Crippen LogP contribution in [-0.4, -0.2) is 68.5 Å². The average molecular weight is 1190 g/mol. The van der Waals surface area contributed by atoms with E-state index in [2.05, 4.69) is 129 Å². The predicted octanol–water partition coefficient (Wildman–Crippen LogP) is 21.8. The Morgan fingerprint density at radius 2 is 0.738 bits per heavy atom. The summed E-state index contributed by atoms with van der Waals surface area (Å²) < 4.78 is 23.4. The molecule has 0 aromatic heterocycles. The molecule has 0 aliphatic carbocycles. The number of nitrogens with zero attached hydrogens (tertiary/aromatic N) is 1. The number of carbonyl (C=O) groups excluding carboxylic acids is 1. The highest BCUT2D eigenvalue weighted by Gasteiger charge is 2.23. The number of amides is 1. The third kappa shape index (κ3) is 66.4. The smallest absolute Gasteiger partial charge is 0.268 e. The Hall–Kier alpha value is -3.10. The molecule has 0 aromatic carbocycles. The Morgan fingerprint density at radius 3 is 1.11 bits per heavy atom. The number of carbonyl (C=O) groups is 1. The van der Waals surface area contributed by atoms with Crippen molar-refractivity contribution in [3.8, 4) is 0 Å². The number of quaternary nitrogens is 1. The summed E-state index contributed by atoms with van der Waals surface area (Å²) in [7, 11) is 1.24. The Morgan fingerprint density at radius 1 is 0.429 bits per heavy atom. The van der Waals surface area contributed by atoms with Gasteiger partial charge in [0.05, 0.1) is 39.9 Å². The van der Waals surface area contributed by atoms with Crippen molar-refractivity contribution >= 4 is 13.7 Å². The van der Waals surface area contributed by atoms with Gasteiger partial charge in [0.2, 0.25) is 5.91 Å². The van der Waals surface area contributed by atoms with Gasteiger partial charge in [0, 0.05) is 6.42 Å². The maximum absolute atomic E-state index is 13.0. The van der Waals surface area contributed by atoms with Crippen molar-refractivity contribution in [3.63, 3.8) is 0 Å². The van der Waals surface area contributed by atoms with Gasteiger partial charge in [0.25, 0.3) is 7.82 Å². The van der Waals surface area contributed by atoms with Crippen LogP contribution in [0.3, 0.4) is 0 Å². The fourth-order valence-corrected chi connectivity index (χ4v) is 10.5. The number of rotatable bonds is 63. The molecular formula is C75H133N2O6P. The molecule has 0 aromatic rings. The lowest BCUT2D eigenvalue weighted by Crippen LogP contribution is -2.45. The van der Waals surface area contributed by atoms with Gasteiger partial charge < -0.3 is 28.8 Å². The molecule has 0 saturated carbocycles. The van der Waals surface area contributed by atoms with E-state index in [1.807, 2.05) is 27.2 Å². The minimum atomic E-state index is -4.62. The van der Waals surface area contributed by atoms with Crippen molar-refractivity contribution in [1.29, 1.82) is 0 Å². The molecule has 8 nitrogen and oxygen atoms in total. The van der Waals surface area contributed by atoms with Crippen LogP contribution < -0.4 is 10.2 Å². The molecule has 0 aliphatic heterocycles. The summed E-state index contributed by atoms with van der Waals surface area (Å²) in [5, 5.41) is 13.9. The van der Waals surface area contributed by atoms with Crippen molar-refractivity contribution in [2.45, 2.75) is 309 Å². The normalized spacial score (nSPS) is 14.4. The van der Waals surface area contributed by atoms with E-state index in [1.165, 1.54) is 186 Å². The zero-order valence-electron chi connectivity index (χ0n) is 55.3. The van der Waals surface area contributed by atoms with Crippen LogP contribution in [0.4, 0.5) is 0 Å². The molecule has 0 rings (SSSR count). The molecule has 9 heteroatoms. The Labute approximate surface area is 520 Å². The van der Waals surface area contributed by atoms with Crippen molar-refractivity contribution in [3.05, 3.63) is 122 Å². The first-order valence-corrected chi connectivity index (χ1v) is 36.4. The van der Waals surface area contributed by atoms with E-state index in [0.717, 1.165) is 89.9 Å². The summed E-state index contributed by atoms with van der Waals surface area (Å²) >= 11 is 0. The number of likely N-dealkylation sites (N-methyl/N-ethyl adjacent to an activating group) is 1. The number of aliphatic hydroxyl groups excluding tert-OH is 1. The first-order chi connectivity index (χ1) is 41.0. The second-order valence-electron chi connectivity index (χ2n) is 24.5. The lowest BCUT2D eigenvalue weighted by atomic mass is 10.0. The average Bonchev–Trinajstić information content (AvgIpc) is 3.56. The molecule has 2 N–H and O–H groups in total. The summed E-state index contributed by atoms with van der Waals surface area (Å²) in [6.45, 7) is 4.53. The fraction of sp³-hybridized carbons (Fsp3) is 0.720. The van der Waals surface area contributed by atoms with E-state index in [0.29, 0.717) is 17.4 Å². The molecule has 0 heterocycles. The second kappa shape index (κ2) is 64.4. The predicted molar refractivity (Wildman–Crippen MR) is 366 cm³/mol. The van der Waals surface area contributed by atoms with Crippen molar-refractivity contribution in [1.82, 2.24) is 5.32 Å². The standard InChI is InChI=1S/C75H133N2O6P/c1-6-8-10-12-14-16-18-20-22-24-26-28-30-31-32-33-34-35-36-37-38-39-40-41-42-43-44-45-47-49-51-53-55-57-59-61-63-65-67-69-75(79)76-73(72-83-84(80,81)82-71-70-77(3,4)5)74(78)68-66-64-62-60-58-56-54-52-50-48-46-29-27-25-23-21-19-17-15-13-11-9-7-2/h8,10,14,16,20,22,26,28,31-32,34-35,37-38,40-41,58,60,66,68,73-74,78H,6-7,9,11-13,15,17-19,21,23-25,27,29-30,33,36,39,42-57,59,61-65,67,69-72H2,1-5H3,(H-,76,79,80,81)/b10-8-,16-14-,22-20-,28-26-,32-31-,35-34-,38-37-,41-40-,60-58+,68-66+. The van der Waals surface area contributed by atoms with E-state index in [-0.39, 0.29) is 12.5 Å². The van der Waals surface area contributed by atoms with Crippen molar-refractivity contribution in [2.75, 3.05) is 40.9 Å². The molecule has 3 unspecified atom stereocenters. The lowest BCUT2D eigenvalue weighted by Gasteiger charge is -2.29. The zero-order chi connectivity index (χ0) is 61.2. The monoisotopic (exact) mass is 1190 g/mol. The van der Waals surface area contributed by atoms with Crippen LogP contribution in [0.25, 0.3) is 0 Å². The number of nitrogens with one attached hydrogen (secondary N) is 1. The number of allylic oxidation sites excluding steroid dienone is 19. The maximum atomic E-state index is 13.0. The van der Waals surface area contributed by atoms with Gasteiger partial charge >= 0.3 is 0 Å². The Balaban J connectivity index is 4.10. The van der Waals surface area contributed by atoms with E-state index in [9.17, 15) is 19.4 Å². The highest BCUT2D eigenvalue weighted by atomic mass is 31.2. The molecule has 0 aliphatic rings. The molecule has 0 radical (unpaired) electrons. The largest absolute Gasteiger partial charge is 0.756 e. The van der Waals surface area contributed by atoms with Crippen LogP contribution in [-0.2, 0) is 18.4 Å². The Kier molecular flexibility index (Phi) is 62.0. The van der Waals surface area contributed by atoms with E-state index in [4.69, 9.17) is 9.05 Å². The molecule has 0 fully saturated rings. The van der Waals surface area contributed by atoms with Crippen LogP contribution in [0.5, 0.6) is 0 Å². The van der Waals surface area contributed by atoms with Gasteiger partial charge in [-0.3, -0.25) is 9.36 Å². The van der Waals surface area contributed by atoms with Crippen molar-refractivity contribution in [2.24, 2.45) is 0 Å². The van der Waals surface area contributed by atoms with Gasteiger partial charge in [0.15, 0.2) is 0 Å². The molecule has 0 bridgehead atoms. The van der Waals surface area contributed by atoms with Crippen LogP contribution in [0, 0.1) is 0 Å². The minimum Gasteiger partial charge on any atom is -0.756 e. The summed E-state index contributed by atoms with van der Waals surface area (Å²) in [4.78, 5) is 25.6. The van der Waals surface area contributed by atoms with Crippen molar-refractivity contribution < 1.29 is 32.9 Å². The number of unbranched alkanes of at least 4 members (excludes halogenated alkanes) is 32. The molecule has 484 valence electrons. The van der Waals surface area contributed by atoms with Crippen LogP contribution in [0.15, 0.2) is 122 Å². The first-order valence-electron chi connectivity index (χ1n) is 34.9. The number of aliphatic hydroxyl groups is 1. The zero-order valence-corrected chi connectivity index (χ0v) is 56.2. The van der Waals surface area contributed by atoms with Gasteiger partial charge in [-0.1, -0.05) is 315 Å². The van der Waals surface area contributed by atoms with E-state index < -0.39 is 26.6 Å². The highest BCUT2D eigenvalue weighted by molar-refractivity contribution is 7.45. The fourth-order valence-electron chi connectivity index (χ4n) is 9.78. The van der Waals surface area contributed by atoms with Gasteiger partial charge in [-0.25, -0.2) is 0 Å². The van der Waals surface area contributed by atoms with Gasteiger partial charge in [-0.2, -0.15) is 0 Å². The van der Waals surface area contributed by atoms with Crippen LogP contribution in [0.2, 0.25) is 0 Å². The first kappa shape index (κ1) is 80.9. The summed E-state index contributed by atoms with van der Waals surface area (Å²) in [6, 6.07) is -0.912. The molecule has 1 amide bonds. The molecular weight excluding hydrogens is 1060 g/mol. The van der Waals surface area contributed by atoms with E-state index in [1.54, 1.807) is 6.08 Å². The topological polar surface area (TPSA) is 108 Å². The van der Waals surface area contributed by atoms with Crippen LogP contribution >= 0.6 is 7.82 Å². The lowest BCUT2D eigenvalue weighted by molar-refractivity contribution is -0.870. The molecule has 84 heavy (non-hydrogen) atoms. The maximum Gasteiger partial charge on any atom is 0.268 e. The highest BCUT2D eigenvalue weighted by Crippen LogP contribution is 2.38. The minimum absolute atomic E-state index is 0.0103. The molecule has 3 atom stereocenters. The summed E-state index contributed by atoms with van der Waals surface area (Å²) in [5.41, 5.74) is 0. The summed E-state index contributed by atoms with van der Waals surface area (Å²) in [5.74, 6) is -0.209. The van der Waals surface area contributed by atoms with Crippen LogP contribution in [0.1, 0.15) is 296 Å². The summed E-state index contributed by atoms with van der Waals surface area (Å²) in [6.07, 6.45) is 96.0. The third-order valence-electron chi connectivity index (χ3n) is 15.2. The number of hydrogen-bond acceptors (Lipinski definition) is 6. The molecule has 0 saturated heterocycles. The second-order valence-corrected chi connectivity index (χ2v) is 25.9.